The lowest BCUT2D eigenvalue weighted by molar-refractivity contribution is 0.412. The van der Waals surface area contributed by atoms with Gasteiger partial charge in [0.25, 0.3) is 0 Å². The van der Waals surface area contributed by atoms with E-state index >= 15 is 0 Å². The van der Waals surface area contributed by atoms with Crippen LogP contribution in [-0.2, 0) is 19.5 Å². The van der Waals surface area contributed by atoms with Gasteiger partial charge in [-0.15, -0.1) is 0 Å². The number of nitrogens with zero attached hydrogens (tertiary/aromatic N) is 2. The first-order valence-corrected chi connectivity index (χ1v) is 9.71. The summed E-state index contributed by atoms with van der Waals surface area (Å²) in [6.07, 6.45) is 4.69. The Balaban J connectivity index is 1.77. The summed E-state index contributed by atoms with van der Waals surface area (Å²) in [7, 11) is 0. The number of rotatable bonds is 6. The molecule has 0 bridgehead atoms. The Bertz CT molecular complexity index is 864. The number of aryl methyl sites for hydroxylation is 1. The molecule has 0 spiro atoms. The van der Waals surface area contributed by atoms with E-state index < -0.39 is 0 Å². The molecule has 0 amide bonds. The maximum absolute atomic E-state index is 5.97. The van der Waals surface area contributed by atoms with Crippen molar-refractivity contribution >= 4 is 34.6 Å². The summed E-state index contributed by atoms with van der Waals surface area (Å²) in [5.74, 6) is 0. The third-order valence-corrected chi connectivity index (χ3v) is 4.90. The van der Waals surface area contributed by atoms with Crippen LogP contribution in [0.3, 0.4) is 0 Å². The number of thiocarbonyl (C=S) groups is 1. The molecule has 3 rings (SSSR count). The summed E-state index contributed by atoms with van der Waals surface area (Å²) in [6.45, 7) is 3.57. The number of pyridine rings is 1. The van der Waals surface area contributed by atoms with E-state index in [9.17, 15) is 0 Å². The van der Waals surface area contributed by atoms with Gasteiger partial charge in [0.2, 0.25) is 0 Å². The molecule has 3 aromatic rings. The fourth-order valence-electron chi connectivity index (χ4n) is 2.75. The van der Waals surface area contributed by atoms with Crippen LogP contribution < -0.4 is 5.32 Å². The molecule has 27 heavy (non-hydrogen) atoms. The van der Waals surface area contributed by atoms with Crippen LogP contribution in [-0.4, -0.2) is 15.0 Å². The van der Waals surface area contributed by atoms with E-state index in [1.54, 1.807) is 6.20 Å². The van der Waals surface area contributed by atoms with Gasteiger partial charge in [0.15, 0.2) is 5.11 Å². The van der Waals surface area contributed by atoms with Crippen molar-refractivity contribution in [1.29, 1.82) is 0 Å². The number of benzene rings is 2. The lowest BCUT2D eigenvalue weighted by Gasteiger charge is -2.26. The van der Waals surface area contributed by atoms with E-state index in [0.29, 0.717) is 16.7 Å². The SMILES string of the molecule is CCc1ccc(CN(Cc2cccnc2)C(=S)Nc2ccc(Cl)cc2)cc1. The number of anilines is 1. The summed E-state index contributed by atoms with van der Waals surface area (Å²) >= 11 is 11.7. The molecule has 0 saturated carbocycles. The van der Waals surface area contributed by atoms with Crippen LogP contribution >= 0.6 is 23.8 Å². The summed E-state index contributed by atoms with van der Waals surface area (Å²) in [4.78, 5) is 6.36. The van der Waals surface area contributed by atoms with Gasteiger partial charge < -0.3 is 10.2 Å². The zero-order chi connectivity index (χ0) is 19.1. The summed E-state index contributed by atoms with van der Waals surface area (Å²) in [5.41, 5.74) is 4.58. The molecule has 2 aromatic carbocycles. The summed E-state index contributed by atoms with van der Waals surface area (Å²) in [6, 6.07) is 20.2. The second-order valence-corrected chi connectivity index (χ2v) is 7.15. The predicted molar refractivity (Wildman–Crippen MR) is 117 cm³/mol. The lowest BCUT2D eigenvalue weighted by atomic mass is 10.1. The van der Waals surface area contributed by atoms with Crippen molar-refractivity contribution in [2.75, 3.05) is 5.32 Å². The standard InChI is InChI=1S/C22H22ClN3S/c1-2-17-5-7-18(8-6-17)15-26(16-19-4-3-13-24-14-19)22(27)25-21-11-9-20(23)10-12-21/h3-14H,2,15-16H2,1H3,(H,25,27). The third kappa shape index (κ3) is 5.78. The smallest absolute Gasteiger partial charge is 0.174 e. The minimum absolute atomic E-state index is 0.667. The highest BCUT2D eigenvalue weighted by Crippen LogP contribution is 2.16. The molecule has 5 heteroatoms. The predicted octanol–water partition coefficient (Wildman–Crippen LogP) is 5.70. The molecule has 3 nitrogen and oxygen atoms in total. The van der Waals surface area contributed by atoms with Gasteiger partial charge in [0.05, 0.1) is 0 Å². The largest absolute Gasteiger partial charge is 0.340 e. The van der Waals surface area contributed by atoms with Crippen LogP contribution in [0.1, 0.15) is 23.6 Å². The second kappa shape index (κ2) is 9.49. The Hall–Kier alpha value is -2.43. The average molecular weight is 396 g/mol. The number of halogens is 1. The van der Waals surface area contributed by atoms with Crippen molar-refractivity contribution in [2.24, 2.45) is 0 Å². The topological polar surface area (TPSA) is 28.2 Å². The van der Waals surface area contributed by atoms with Gasteiger partial charge in [0.1, 0.15) is 0 Å². The van der Waals surface area contributed by atoms with Crippen LogP contribution in [0, 0.1) is 0 Å². The maximum atomic E-state index is 5.97. The maximum Gasteiger partial charge on any atom is 0.174 e. The fraction of sp³-hybridized carbons (Fsp3) is 0.182. The van der Waals surface area contributed by atoms with Gasteiger partial charge in [-0.3, -0.25) is 4.98 Å². The highest BCUT2D eigenvalue weighted by atomic mass is 35.5. The van der Waals surface area contributed by atoms with E-state index in [-0.39, 0.29) is 0 Å². The lowest BCUT2D eigenvalue weighted by Crippen LogP contribution is -2.33. The van der Waals surface area contributed by atoms with E-state index in [1.807, 2.05) is 36.5 Å². The van der Waals surface area contributed by atoms with E-state index in [1.165, 1.54) is 11.1 Å². The first kappa shape index (κ1) is 19.3. The summed E-state index contributed by atoms with van der Waals surface area (Å²) < 4.78 is 0. The second-order valence-electron chi connectivity index (χ2n) is 6.32. The summed E-state index contributed by atoms with van der Waals surface area (Å²) in [5, 5.41) is 4.68. The van der Waals surface area contributed by atoms with E-state index in [2.05, 4.69) is 52.5 Å². The van der Waals surface area contributed by atoms with Crippen LogP contribution in [0.5, 0.6) is 0 Å². The average Bonchev–Trinajstić information content (AvgIpc) is 2.70. The minimum atomic E-state index is 0.667. The minimum Gasteiger partial charge on any atom is -0.340 e. The van der Waals surface area contributed by atoms with E-state index in [4.69, 9.17) is 23.8 Å². The van der Waals surface area contributed by atoms with Crippen LogP contribution in [0.15, 0.2) is 73.1 Å². The van der Waals surface area contributed by atoms with Crippen molar-refractivity contribution in [3.63, 3.8) is 0 Å². The van der Waals surface area contributed by atoms with Crippen molar-refractivity contribution in [2.45, 2.75) is 26.4 Å². The molecule has 1 N–H and O–H groups in total. The molecular weight excluding hydrogens is 374 g/mol. The Morgan fingerprint density at radius 3 is 2.26 bits per heavy atom. The molecular formula is C22H22ClN3S. The van der Waals surface area contributed by atoms with Gasteiger partial charge in [0, 0.05) is 36.2 Å². The van der Waals surface area contributed by atoms with Crippen LogP contribution in [0.4, 0.5) is 5.69 Å². The van der Waals surface area contributed by atoms with Crippen LogP contribution in [0.2, 0.25) is 5.02 Å². The number of aromatic nitrogens is 1. The molecule has 0 saturated heterocycles. The van der Waals surface area contributed by atoms with Gasteiger partial charge >= 0.3 is 0 Å². The monoisotopic (exact) mass is 395 g/mol. The Labute approximate surface area is 171 Å². The highest BCUT2D eigenvalue weighted by molar-refractivity contribution is 7.80. The van der Waals surface area contributed by atoms with Crippen molar-refractivity contribution < 1.29 is 0 Å². The highest BCUT2D eigenvalue weighted by Gasteiger charge is 2.12. The Morgan fingerprint density at radius 2 is 1.63 bits per heavy atom. The van der Waals surface area contributed by atoms with Gasteiger partial charge in [-0.25, -0.2) is 0 Å². The van der Waals surface area contributed by atoms with Crippen molar-refractivity contribution in [1.82, 2.24) is 9.88 Å². The molecule has 138 valence electrons. The molecule has 1 heterocycles. The van der Waals surface area contributed by atoms with Crippen LogP contribution in [0.25, 0.3) is 0 Å². The van der Waals surface area contributed by atoms with Gasteiger partial charge in [-0.1, -0.05) is 48.9 Å². The molecule has 0 aliphatic rings. The number of hydrogen-bond donors (Lipinski definition) is 1. The molecule has 0 unspecified atom stereocenters. The molecule has 0 atom stereocenters. The first-order chi connectivity index (χ1) is 13.1. The quantitative estimate of drug-likeness (QED) is 0.542. The van der Waals surface area contributed by atoms with E-state index in [0.717, 1.165) is 24.2 Å². The zero-order valence-electron chi connectivity index (χ0n) is 15.2. The normalized spacial score (nSPS) is 10.4. The van der Waals surface area contributed by atoms with Gasteiger partial charge in [-0.05, 0) is 65.7 Å². The van der Waals surface area contributed by atoms with Crippen molar-refractivity contribution in [3.8, 4) is 0 Å². The Kier molecular flexibility index (Phi) is 6.80. The Morgan fingerprint density at radius 1 is 0.963 bits per heavy atom. The fourth-order valence-corrected chi connectivity index (χ4v) is 3.12. The number of hydrogen-bond acceptors (Lipinski definition) is 2. The zero-order valence-corrected chi connectivity index (χ0v) is 16.8. The van der Waals surface area contributed by atoms with Crippen molar-refractivity contribution in [3.05, 3.63) is 94.8 Å². The molecule has 0 aliphatic heterocycles. The molecule has 1 aromatic heterocycles. The first-order valence-electron chi connectivity index (χ1n) is 8.92. The number of nitrogens with one attached hydrogen (secondary N) is 1. The molecule has 0 radical (unpaired) electrons. The molecule has 0 fully saturated rings. The molecule has 0 aliphatic carbocycles. The third-order valence-electron chi connectivity index (χ3n) is 4.28. The van der Waals surface area contributed by atoms with Gasteiger partial charge in [-0.2, -0.15) is 0 Å².